The molecule has 0 bridgehead atoms. The van der Waals surface area contributed by atoms with E-state index < -0.39 is 24.5 Å². The first-order valence-electron chi connectivity index (χ1n) is 6.02. The number of carbonyl (C=O) groups is 3. The Morgan fingerprint density at radius 3 is 2.19 bits per heavy atom. The number of aromatic hydroxyl groups is 1. The van der Waals surface area contributed by atoms with Crippen LogP contribution < -0.4 is 4.74 Å². The van der Waals surface area contributed by atoms with Gasteiger partial charge < -0.3 is 19.3 Å². The first-order valence-corrected chi connectivity index (χ1v) is 6.02. The van der Waals surface area contributed by atoms with E-state index in [0.29, 0.717) is 0 Å². The average Bonchev–Trinajstić information content (AvgIpc) is 2.46. The van der Waals surface area contributed by atoms with Gasteiger partial charge in [0.25, 0.3) is 0 Å². The van der Waals surface area contributed by atoms with Crippen molar-refractivity contribution in [2.75, 3.05) is 13.2 Å². The number of phenols is 1. The van der Waals surface area contributed by atoms with Crippen LogP contribution in [0.15, 0.2) is 36.4 Å². The molecule has 0 radical (unpaired) electrons. The Labute approximate surface area is 120 Å². The van der Waals surface area contributed by atoms with E-state index in [1.165, 1.54) is 24.3 Å². The van der Waals surface area contributed by atoms with E-state index in [-0.39, 0.29) is 18.1 Å². The molecule has 1 aromatic rings. The highest BCUT2D eigenvalue weighted by Crippen LogP contribution is 2.15. The molecule has 0 aliphatic rings. The zero-order valence-corrected chi connectivity index (χ0v) is 11.3. The second-order valence-electron chi connectivity index (χ2n) is 3.66. The van der Waals surface area contributed by atoms with Gasteiger partial charge in [-0.25, -0.2) is 14.4 Å². The molecule has 0 saturated heterocycles. The maximum absolute atomic E-state index is 11.4. The molecule has 0 amide bonds. The molecule has 0 aromatic heterocycles. The Hall–Kier alpha value is -2.83. The highest BCUT2D eigenvalue weighted by atomic mass is 16.6. The summed E-state index contributed by atoms with van der Waals surface area (Å²) in [6, 6.07) is 5.46. The number of hydrogen-bond donors (Lipinski definition) is 1. The van der Waals surface area contributed by atoms with E-state index in [0.717, 1.165) is 12.2 Å². The molecule has 112 valence electrons. The van der Waals surface area contributed by atoms with E-state index in [1.807, 2.05) is 0 Å². The molecule has 1 aromatic carbocycles. The molecule has 21 heavy (non-hydrogen) atoms. The lowest BCUT2D eigenvalue weighted by atomic mass is 10.3. The van der Waals surface area contributed by atoms with E-state index in [9.17, 15) is 14.4 Å². The van der Waals surface area contributed by atoms with Crippen LogP contribution in [0.1, 0.15) is 6.92 Å². The normalized spacial score (nSPS) is 10.1. The summed E-state index contributed by atoms with van der Waals surface area (Å²) in [5, 5.41) is 9.05. The van der Waals surface area contributed by atoms with Crippen molar-refractivity contribution in [3.05, 3.63) is 36.4 Å². The minimum absolute atomic E-state index is 0.0327. The molecule has 0 atom stereocenters. The van der Waals surface area contributed by atoms with Gasteiger partial charge in [0.1, 0.15) is 11.5 Å². The zero-order chi connectivity index (χ0) is 15.7. The fourth-order valence-corrected chi connectivity index (χ4v) is 1.18. The van der Waals surface area contributed by atoms with Crippen molar-refractivity contribution in [1.82, 2.24) is 0 Å². The molecular weight excluding hydrogens is 280 g/mol. The molecule has 7 nitrogen and oxygen atoms in total. The van der Waals surface area contributed by atoms with E-state index in [1.54, 1.807) is 6.92 Å². The Morgan fingerprint density at radius 2 is 1.62 bits per heavy atom. The van der Waals surface area contributed by atoms with E-state index >= 15 is 0 Å². The minimum Gasteiger partial charge on any atom is -0.508 e. The second-order valence-corrected chi connectivity index (χ2v) is 3.66. The largest absolute Gasteiger partial charge is 0.508 e. The van der Waals surface area contributed by atoms with Crippen LogP contribution in [-0.4, -0.2) is 36.2 Å². The predicted molar refractivity (Wildman–Crippen MR) is 70.5 cm³/mol. The lowest BCUT2D eigenvalue weighted by Crippen LogP contribution is -2.18. The monoisotopic (exact) mass is 294 g/mol. The zero-order valence-electron chi connectivity index (χ0n) is 11.3. The number of rotatable bonds is 6. The van der Waals surface area contributed by atoms with Crippen LogP contribution >= 0.6 is 0 Å². The highest BCUT2D eigenvalue weighted by molar-refractivity contribution is 5.92. The minimum atomic E-state index is -0.870. The molecule has 0 fully saturated rings. The SMILES string of the molecule is CCOC(=O)/C=C/C(=O)OCC(=O)Oc1ccc(O)cc1. The lowest BCUT2D eigenvalue weighted by molar-refractivity contribution is -0.150. The van der Waals surface area contributed by atoms with Gasteiger partial charge in [-0.2, -0.15) is 0 Å². The first kappa shape index (κ1) is 16.2. The molecular formula is C14H14O7. The third-order valence-corrected chi connectivity index (χ3v) is 2.04. The van der Waals surface area contributed by atoms with Crippen LogP contribution in [0, 0.1) is 0 Å². The molecule has 0 aliphatic carbocycles. The van der Waals surface area contributed by atoms with Gasteiger partial charge >= 0.3 is 17.9 Å². The fourth-order valence-electron chi connectivity index (χ4n) is 1.18. The average molecular weight is 294 g/mol. The number of ether oxygens (including phenoxy) is 3. The van der Waals surface area contributed by atoms with Gasteiger partial charge in [-0.1, -0.05) is 0 Å². The molecule has 1 N–H and O–H groups in total. The van der Waals surface area contributed by atoms with Gasteiger partial charge in [-0.3, -0.25) is 0 Å². The second kappa shape index (κ2) is 8.36. The predicted octanol–water partition coefficient (Wildman–Crippen LogP) is 0.960. The summed E-state index contributed by atoms with van der Waals surface area (Å²) in [5.74, 6) is -2.10. The van der Waals surface area contributed by atoms with E-state index in [2.05, 4.69) is 9.47 Å². The maximum atomic E-state index is 11.4. The number of phenolic OH excluding ortho intramolecular Hbond substituents is 1. The summed E-state index contributed by atoms with van der Waals surface area (Å²) in [6.45, 7) is 1.22. The number of carbonyl (C=O) groups excluding carboxylic acids is 3. The summed E-state index contributed by atoms with van der Waals surface area (Å²) in [6.07, 6.45) is 1.75. The van der Waals surface area contributed by atoms with Crippen molar-refractivity contribution in [2.45, 2.75) is 6.92 Å². The Bertz CT molecular complexity index is 531. The molecule has 0 spiro atoms. The lowest BCUT2D eigenvalue weighted by Gasteiger charge is -2.04. The topological polar surface area (TPSA) is 99.1 Å². The number of esters is 3. The molecule has 0 unspecified atom stereocenters. The number of hydrogen-bond acceptors (Lipinski definition) is 7. The van der Waals surface area contributed by atoms with Crippen molar-refractivity contribution < 1.29 is 33.7 Å². The molecule has 7 heteroatoms. The van der Waals surface area contributed by atoms with Crippen LogP contribution in [-0.2, 0) is 23.9 Å². The maximum Gasteiger partial charge on any atom is 0.349 e. The van der Waals surface area contributed by atoms with Crippen LogP contribution in [0.25, 0.3) is 0 Å². The summed E-state index contributed by atoms with van der Waals surface area (Å²) in [5.41, 5.74) is 0. The summed E-state index contributed by atoms with van der Waals surface area (Å²) >= 11 is 0. The van der Waals surface area contributed by atoms with Gasteiger partial charge in [0.15, 0.2) is 6.61 Å². The van der Waals surface area contributed by atoms with E-state index in [4.69, 9.17) is 9.84 Å². The first-order chi connectivity index (χ1) is 10.0. The standard InChI is InChI=1S/C14H14O7/c1-2-19-12(16)7-8-13(17)20-9-14(18)21-11-5-3-10(15)4-6-11/h3-8,15H,2,9H2,1H3/b8-7+. The van der Waals surface area contributed by atoms with Gasteiger partial charge in [-0.05, 0) is 31.2 Å². The van der Waals surface area contributed by atoms with Crippen LogP contribution in [0.4, 0.5) is 0 Å². The molecule has 1 rings (SSSR count). The summed E-state index contributed by atoms with van der Waals surface area (Å²) < 4.78 is 14.0. The Balaban J connectivity index is 2.34. The van der Waals surface area contributed by atoms with Gasteiger partial charge in [-0.15, -0.1) is 0 Å². The van der Waals surface area contributed by atoms with Crippen molar-refractivity contribution in [3.8, 4) is 11.5 Å². The number of benzene rings is 1. The van der Waals surface area contributed by atoms with Gasteiger partial charge in [0.05, 0.1) is 6.61 Å². The quantitative estimate of drug-likeness (QED) is 0.474. The van der Waals surface area contributed by atoms with Crippen LogP contribution in [0.3, 0.4) is 0 Å². The fraction of sp³-hybridized carbons (Fsp3) is 0.214. The van der Waals surface area contributed by atoms with Gasteiger partial charge in [0.2, 0.25) is 0 Å². The molecule has 0 saturated carbocycles. The third-order valence-electron chi connectivity index (χ3n) is 2.04. The summed E-state index contributed by atoms with van der Waals surface area (Å²) in [7, 11) is 0. The highest BCUT2D eigenvalue weighted by Gasteiger charge is 2.08. The van der Waals surface area contributed by atoms with Crippen molar-refractivity contribution in [2.24, 2.45) is 0 Å². The third kappa shape index (κ3) is 6.76. The Kier molecular flexibility index (Phi) is 6.46. The van der Waals surface area contributed by atoms with Crippen molar-refractivity contribution >= 4 is 17.9 Å². The molecule has 0 aliphatic heterocycles. The van der Waals surface area contributed by atoms with Gasteiger partial charge in [0, 0.05) is 12.2 Å². The summed E-state index contributed by atoms with van der Waals surface area (Å²) in [4.78, 5) is 33.5. The Morgan fingerprint density at radius 1 is 1.05 bits per heavy atom. The van der Waals surface area contributed by atoms with Crippen molar-refractivity contribution in [3.63, 3.8) is 0 Å². The van der Waals surface area contributed by atoms with Crippen LogP contribution in [0.5, 0.6) is 11.5 Å². The van der Waals surface area contributed by atoms with Crippen LogP contribution in [0.2, 0.25) is 0 Å². The molecule has 0 heterocycles. The smallest absolute Gasteiger partial charge is 0.349 e. The van der Waals surface area contributed by atoms with Crippen molar-refractivity contribution in [1.29, 1.82) is 0 Å².